The number of rotatable bonds is 0. The Morgan fingerprint density at radius 2 is 2.55 bits per heavy atom. The van der Waals surface area contributed by atoms with E-state index in [0.717, 1.165) is 6.42 Å². The fourth-order valence-electron chi connectivity index (χ4n) is 1.37. The topological polar surface area (TPSA) is 27.1 Å². The van der Waals surface area contributed by atoms with Gasteiger partial charge in [-0.2, -0.15) is 0 Å². The second-order valence-electron chi connectivity index (χ2n) is 2.77. The summed E-state index contributed by atoms with van der Waals surface area (Å²) in [5, 5.41) is 8.24. The first-order valence-corrected chi connectivity index (χ1v) is 4.46. The molecule has 1 aliphatic heterocycles. The predicted octanol–water partition coefficient (Wildman–Crippen LogP) is 1.81. The standard InChI is InChI=1S/C8H10N2S/c1-10-6-4-2-3-5-7(6)11-8(10)9/h2-3,5-6,9H,4H2,1H3. The highest BCUT2D eigenvalue weighted by Gasteiger charge is 2.30. The second-order valence-corrected chi connectivity index (χ2v) is 3.83. The van der Waals surface area contributed by atoms with Gasteiger partial charge in [-0.25, -0.2) is 0 Å². The molecule has 1 heterocycles. The Kier molecular flexibility index (Phi) is 1.53. The maximum atomic E-state index is 7.57. The molecule has 0 spiro atoms. The quantitative estimate of drug-likeness (QED) is 0.594. The van der Waals surface area contributed by atoms with Crippen LogP contribution < -0.4 is 0 Å². The van der Waals surface area contributed by atoms with E-state index in [4.69, 9.17) is 5.41 Å². The zero-order valence-corrected chi connectivity index (χ0v) is 7.19. The Hall–Kier alpha value is -0.700. The molecule has 1 saturated heterocycles. The molecule has 11 heavy (non-hydrogen) atoms. The van der Waals surface area contributed by atoms with E-state index in [-0.39, 0.29) is 0 Å². The average Bonchev–Trinajstić information content (AvgIpc) is 2.30. The van der Waals surface area contributed by atoms with Gasteiger partial charge in [-0.3, -0.25) is 5.41 Å². The summed E-state index contributed by atoms with van der Waals surface area (Å²) in [6, 6.07) is 0.456. The monoisotopic (exact) mass is 166 g/mol. The van der Waals surface area contributed by atoms with Crippen molar-refractivity contribution in [1.29, 1.82) is 5.41 Å². The van der Waals surface area contributed by atoms with Crippen molar-refractivity contribution in [3.8, 4) is 0 Å². The van der Waals surface area contributed by atoms with E-state index in [0.29, 0.717) is 11.2 Å². The van der Waals surface area contributed by atoms with E-state index in [9.17, 15) is 0 Å². The van der Waals surface area contributed by atoms with Crippen LogP contribution in [-0.4, -0.2) is 23.2 Å². The number of amidine groups is 1. The maximum Gasteiger partial charge on any atom is 0.161 e. The summed E-state index contributed by atoms with van der Waals surface area (Å²) in [7, 11) is 1.99. The first-order valence-electron chi connectivity index (χ1n) is 3.65. The van der Waals surface area contributed by atoms with Gasteiger partial charge in [0.15, 0.2) is 5.17 Å². The molecule has 0 aromatic carbocycles. The molecule has 2 aliphatic rings. The van der Waals surface area contributed by atoms with Gasteiger partial charge in [0.25, 0.3) is 0 Å². The van der Waals surface area contributed by atoms with Gasteiger partial charge in [-0.15, -0.1) is 0 Å². The molecule has 0 aromatic rings. The highest BCUT2D eigenvalue weighted by atomic mass is 32.2. The lowest BCUT2D eigenvalue weighted by Crippen LogP contribution is -2.28. The number of thioether (sulfide) groups is 1. The molecule has 1 unspecified atom stereocenters. The molecule has 3 heteroatoms. The molecular weight excluding hydrogens is 156 g/mol. The third-order valence-electron chi connectivity index (χ3n) is 2.09. The van der Waals surface area contributed by atoms with Crippen LogP contribution in [0.5, 0.6) is 0 Å². The molecule has 1 N–H and O–H groups in total. The number of fused-ring (bicyclic) bond motifs is 1. The van der Waals surface area contributed by atoms with Gasteiger partial charge in [-0.1, -0.05) is 30.0 Å². The van der Waals surface area contributed by atoms with Crippen molar-refractivity contribution >= 4 is 16.9 Å². The molecule has 58 valence electrons. The van der Waals surface area contributed by atoms with Crippen molar-refractivity contribution in [2.45, 2.75) is 12.5 Å². The summed E-state index contributed by atoms with van der Waals surface area (Å²) in [5.74, 6) is 0. The molecule has 0 amide bonds. The van der Waals surface area contributed by atoms with Crippen LogP contribution in [0.15, 0.2) is 23.1 Å². The number of nitrogens with one attached hydrogen (secondary N) is 1. The van der Waals surface area contributed by atoms with E-state index >= 15 is 0 Å². The smallest absolute Gasteiger partial charge is 0.161 e. The zero-order valence-electron chi connectivity index (χ0n) is 6.37. The highest BCUT2D eigenvalue weighted by molar-refractivity contribution is 8.17. The maximum absolute atomic E-state index is 7.57. The van der Waals surface area contributed by atoms with Crippen molar-refractivity contribution < 1.29 is 0 Å². The Morgan fingerprint density at radius 1 is 1.73 bits per heavy atom. The van der Waals surface area contributed by atoms with Crippen LogP contribution in [0.25, 0.3) is 0 Å². The van der Waals surface area contributed by atoms with Gasteiger partial charge in [0.05, 0.1) is 6.04 Å². The van der Waals surface area contributed by atoms with Crippen LogP contribution in [-0.2, 0) is 0 Å². The molecule has 1 atom stereocenters. The van der Waals surface area contributed by atoms with Crippen molar-refractivity contribution in [1.82, 2.24) is 4.90 Å². The number of allylic oxidation sites excluding steroid dienone is 2. The lowest BCUT2D eigenvalue weighted by Gasteiger charge is -2.20. The molecule has 0 aromatic heterocycles. The predicted molar refractivity (Wildman–Crippen MR) is 48.7 cm³/mol. The van der Waals surface area contributed by atoms with Crippen molar-refractivity contribution in [3.05, 3.63) is 23.1 Å². The number of likely N-dealkylation sites (N-methyl/N-ethyl adjacent to an activating group) is 1. The summed E-state index contributed by atoms with van der Waals surface area (Å²) in [5.41, 5.74) is 0. The zero-order chi connectivity index (χ0) is 7.84. The van der Waals surface area contributed by atoms with Crippen LogP contribution >= 0.6 is 11.8 Å². The van der Waals surface area contributed by atoms with Crippen molar-refractivity contribution in [3.63, 3.8) is 0 Å². The van der Waals surface area contributed by atoms with E-state index in [1.54, 1.807) is 11.8 Å². The molecule has 0 radical (unpaired) electrons. The molecule has 1 aliphatic carbocycles. The molecule has 0 bridgehead atoms. The minimum absolute atomic E-state index is 0.456. The largest absolute Gasteiger partial charge is 0.347 e. The first-order chi connectivity index (χ1) is 5.29. The van der Waals surface area contributed by atoms with Crippen molar-refractivity contribution in [2.24, 2.45) is 0 Å². The average molecular weight is 166 g/mol. The van der Waals surface area contributed by atoms with Gasteiger partial charge in [0.2, 0.25) is 0 Å². The fraction of sp³-hybridized carbons (Fsp3) is 0.375. The number of hydrogen-bond acceptors (Lipinski definition) is 2. The normalized spacial score (nSPS) is 28.8. The van der Waals surface area contributed by atoms with Crippen LogP contribution in [0, 0.1) is 5.41 Å². The Morgan fingerprint density at radius 3 is 3.27 bits per heavy atom. The van der Waals surface area contributed by atoms with Crippen LogP contribution in [0.4, 0.5) is 0 Å². The van der Waals surface area contributed by atoms with E-state index in [1.807, 2.05) is 11.9 Å². The second kappa shape index (κ2) is 2.41. The van der Waals surface area contributed by atoms with Gasteiger partial charge in [0.1, 0.15) is 0 Å². The van der Waals surface area contributed by atoms with Crippen LogP contribution in [0.3, 0.4) is 0 Å². The molecule has 2 nitrogen and oxygen atoms in total. The number of nitrogens with zero attached hydrogens (tertiary/aromatic N) is 1. The van der Waals surface area contributed by atoms with Gasteiger partial charge >= 0.3 is 0 Å². The summed E-state index contributed by atoms with van der Waals surface area (Å²) in [6.07, 6.45) is 7.39. The van der Waals surface area contributed by atoms with Crippen LogP contribution in [0.1, 0.15) is 6.42 Å². The summed E-state index contributed by atoms with van der Waals surface area (Å²) < 4.78 is 0. The Labute approximate surface area is 70.5 Å². The van der Waals surface area contributed by atoms with Gasteiger partial charge < -0.3 is 4.90 Å². The van der Waals surface area contributed by atoms with Crippen molar-refractivity contribution in [2.75, 3.05) is 7.05 Å². The third-order valence-corrected chi connectivity index (χ3v) is 3.21. The van der Waals surface area contributed by atoms with Gasteiger partial charge in [-0.05, 0) is 6.42 Å². The lowest BCUT2D eigenvalue weighted by atomic mass is 10.1. The summed E-state index contributed by atoms with van der Waals surface area (Å²) in [6.45, 7) is 0. The molecule has 2 rings (SSSR count). The molecular formula is C8H10N2S. The molecule has 1 fully saturated rings. The van der Waals surface area contributed by atoms with E-state index in [1.165, 1.54) is 4.91 Å². The highest BCUT2D eigenvalue weighted by Crippen LogP contribution is 2.36. The summed E-state index contributed by atoms with van der Waals surface area (Å²) in [4.78, 5) is 3.35. The third kappa shape index (κ3) is 0.997. The summed E-state index contributed by atoms with van der Waals surface area (Å²) >= 11 is 1.58. The first kappa shape index (κ1) is 6.98. The van der Waals surface area contributed by atoms with E-state index < -0.39 is 0 Å². The van der Waals surface area contributed by atoms with Crippen LogP contribution in [0.2, 0.25) is 0 Å². The van der Waals surface area contributed by atoms with E-state index in [2.05, 4.69) is 18.2 Å². The fourth-order valence-corrected chi connectivity index (χ4v) is 2.41. The Bertz CT molecular complexity index is 255. The molecule has 0 saturated carbocycles. The Balaban J connectivity index is 2.30. The number of hydrogen-bond donors (Lipinski definition) is 1. The minimum atomic E-state index is 0.456. The minimum Gasteiger partial charge on any atom is -0.347 e. The SMILES string of the molecule is CN1C(=N)SC2=CC=CCC21. The van der Waals surface area contributed by atoms with Gasteiger partial charge in [0, 0.05) is 12.0 Å². The lowest BCUT2D eigenvalue weighted by molar-refractivity contribution is 0.436.